The highest BCUT2D eigenvalue weighted by atomic mass is 16.5. The average molecular weight is 353 g/mol. The molecule has 2 N–H and O–H groups in total. The largest absolute Gasteiger partial charge is 0.507 e. The molecule has 0 aliphatic rings. The third-order valence-electron chi connectivity index (χ3n) is 3.57. The van der Waals surface area contributed by atoms with E-state index in [4.69, 9.17) is 9.47 Å². The smallest absolute Gasteiger partial charge is 0.166 e. The highest BCUT2D eigenvalue weighted by Gasteiger charge is 2.10. The van der Waals surface area contributed by atoms with Crippen molar-refractivity contribution < 1.29 is 19.7 Å². The van der Waals surface area contributed by atoms with Crippen molar-refractivity contribution in [1.82, 2.24) is 15.0 Å². The molecule has 1 heterocycles. The second-order valence-electron chi connectivity index (χ2n) is 5.61. The fourth-order valence-electron chi connectivity index (χ4n) is 2.30. The lowest BCUT2D eigenvalue weighted by molar-refractivity contribution is 0.00546. The quantitative estimate of drug-likeness (QED) is 0.641. The minimum atomic E-state index is -0.774. The maximum atomic E-state index is 10.1. The van der Waals surface area contributed by atoms with Crippen LogP contribution in [0.4, 0.5) is 0 Å². The Morgan fingerprint density at radius 3 is 2.46 bits per heavy atom. The number of aromatic nitrogens is 3. The van der Waals surface area contributed by atoms with Crippen LogP contribution in [0.25, 0.3) is 11.4 Å². The van der Waals surface area contributed by atoms with Gasteiger partial charge in [0.05, 0.1) is 18.8 Å². The zero-order valence-corrected chi connectivity index (χ0v) is 14.0. The number of hydrogen-bond donors (Lipinski definition) is 2. The summed E-state index contributed by atoms with van der Waals surface area (Å²) in [6, 6.07) is 14.5. The van der Waals surface area contributed by atoms with Gasteiger partial charge in [0.15, 0.2) is 5.82 Å². The van der Waals surface area contributed by atoms with E-state index in [9.17, 15) is 10.2 Å². The fraction of sp³-hybridized carbons (Fsp3) is 0.211. The molecule has 134 valence electrons. The van der Waals surface area contributed by atoms with Crippen LogP contribution in [0.2, 0.25) is 0 Å². The Morgan fingerprint density at radius 1 is 0.962 bits per heavy atom. The van der Waals surface area contributed by atoms with E-state index in [-0.39, 0.29) is 19.0 Å². The maximum Gasteiger partial charge on any atom is 0.166 e. The molecular formula is C19H19N3O4. The molecular weight excluding hydrogens is 334 g/mol. The molecule has 0 amide bonds. The van der Waals surface area contributed by atoms with Crippen LogP contribution in [-0.4, -0.2) is 44.5 Å². The van der Waals surface area contributed by atoms with E-state index in [1.165, 1.54) is 18.7 Å². The Bertz CT molecular complexity index is 816. The molecule has 0 aliphatic heterocycles. The molecule has 1 aromatic heterocycles. The van der Waals surface area contributed by atoms with Crippen molar-refractivity contribution in [3.8, 4) is 22.9 Å². The molecule has 1 atom stereocenters. The van der Waals surface area contributed by atoms with Crippen LogP contribution in [0, 0.1) is 0 Å². The predicted octanol–water partition coefficient (Wildman–Crippen LogP) is 2.20. The van der Waals surface area contributed by atoms with Crippen molar-refractivity contribution in [3.05, 3.63) is 66.7 Å². The second kappa shape index (κ2) is 8.89. The topological polar surface area (TPSA) is 97.6 Å². The molecule has 0 bridgehead atoms. The van der Waals surface area contributed by atoms with Crippen LogP contribution in [0.15, 0.2) is 61.2 Å². The number of phenolic OH excluding ortho intramolecular Hbond substituents is 1. The summed E-state index contributed by atoms with van der Waals surface area (Å²) in [5.41, 5.74) is 1.52. The first kappa shape index (κ1) is 17.8. The van der Waals surface area contributed by atoms with Crippen molar-refractivity contribution in [1.29, 1.82) is 0 Å². The molecule has 7 heteroatoms. The first-order valence-electron chi connectivity index (χ1n) is 8.10. The second-order valence-corrected chi connectivity index (χ2v) is 5.61. The van der Waals surface area contributed by atoms with Crippen LogP contribution in [-0.2, 0) is 11.3 Å². The molecule has 0 saturated carbocycles. The molecule has 3 aromatic rings. The number of aliphatic hydroxyl groups excluding tert-OH is 1. The van der Waals surface area contributed by atoms with E-state index in [1.54, 1.807) is 12.1 Å². The van der Waals surface area contributed by atoms with Crippen LogP contribution < -0.4 is 4.74 Å². The number of hydrogen-bond acceptors (Lipinski definition) is 7. The lowest BCUT2D eigenvalue weighted by Gasteiger charge is -2.13. The third kappa shape index (κ3) is 4.98. The zero-order valence-electron chi connectivity index (χ0n) is 14.0. The van der Waals surface area contributed by atoms with Crippen molar-refractivity contribution >= 4 is 0 Å². The molecule has 0 radical (unpaired) electrons. The highest BCUT2D eigenvalue weighted by Crippen LogP contribution is 2.29. The summed E-state index contributed by atoms with van der Waals surface area (Å²) in [5, 5.41) is 20.1. The lowest BCUT2D eigenvalue weighted by atomic mass is 10.2. The van der Waals surface area contributed by atoms with Crippen molar-refractivity contribution in [2.75, 3.05) is 13.2 Å². The monoisotopic (exact) mass is 353 g/mol. The predicted molar refractivity (Wildman–Crippen MR) is 94.5 cm³/mol. The van der Waals surface area contributed by atoms with E-state index < -0.39 is 6.10 Å². The van der Waals surface area contributed by atoms with Gasteiger partial charge in [-0.25, -0.2) is 15.0 Å². The summed E-state index contributed by atoms with van der Waals surface area (Å²) in [7, 11) is 0. The Balaban J connectivity index is 1.47. The van der Waals surface area contributed by atoms with Gasteiger partial charge in [-0.3, -0.25) is 0 Å². The van der Waals surface area contributed by atoms with E-state index in [1.807, 2.05) is 30.3 Å². The summed E-state index contributed by atoms with van der Waals surface area (Å²) >= 11 is 0. The number of nitrogens with zero attached hydrogens (tertiary/aromatic N) is 3. The van der Waals surface area contributed by atoms with Crippen molar-refractivity contribution in [3.63, 3.8) is 0 Å². The minimum Gasteiger partial charge on any atom is -0.507 e. The molecule has 0 saturated heterocycles. The molecule has 26 heavy (non-hydrogen) atoms. The van der Waals surface area contributed by atoms with Gasteiger partial charge in [-0.05, 0) is 17.7 Å². The Labute approximate surface area is 150 Å². The fourth-order valence-corrected chi connectivity index (χ4v) is 2.30. The number of benzene rings is 2. The van der Waals surface area contributed by atoms with Gasteiger partial charge in [-0.1, -0.05) is 30.3 Å². The number of rotatable bonds is 8. The number of ether oxygens (including phenoxy) is 2. The van der Waals surface area contributed by atoms with Crippen LogP contribution >= 0.6 is 0 Å². The molecule has 1 unspecified atom stereocenters. The molecule has 7 nitrogen and oxygen atoms in total. The van der Waals surface area contributed by atoms with E-state index in [0.717, 1.165) is 5.56 Å². The summed E-state index contributed by atoms with van der Waals surface area (Å²) in [5.74, 6) is 0.796. The standard InChI is InChI=1S/C19H19N3O4/c23-15(10-25-9-14-4-2-1-3-5-14)11-26-16-6-7-17(18(24)8-16)19-21-12-20-13-22-19/h1-8,12-13,15,23-24H,9-11H2. The lowest BCUT2D eigenvalue weighted by Crippen LogP contribution is -2.23. The van der Waals surface area contributed by atoms with Gasteiger partial charge < -0.3 is 19.7 Å². The Kier molecular flexibility index (Phi) is 6.08. The summed E-state index contributed by atoms with van der Waals surface area (Å²) < 4.78 is 11.0. The molecule has 2 aromatic carbocycles. The van der Waals surface area contributed by atoms with Gasteiger partial charge in [0.1, 0.15) is 36.9 Å². The SMILES string of the molecule is Oc1cc(OCC(O)COCc2ccccc2)ccc1-c1ncncn1. The number of aromatic hydroxyl groups is 1. The highest BCUT2D eigenvalue weighted by molar-refractivity contribution is 5.64. The van der Waals surface area contributed by atoms with Crippen LogP contribution in [0.3, 0.4) is 0 Å². The van der Waals surface area contributed by atoms with Gasteiger partial charge in [-0.2, -0.15) is 0 Å². The Hall–Kier alpha value is -3.03. The maximum absolute atomic E-state index is 10.1. The normalized spacial score (nSPS) is 11.9. The minimum absolute atomic E-state index is 0.0106. The van der Waals surface area contributed by atoms with E-state index in [2.05, 4.69) is 15.0 Å². The molecule has 0 aliphatic carbocycles. The number of phenols is 1. The summed E-state index contributed by atoms with van der Waals surface area (Å²) in [4.78, 5) is 11.7. The number of aliphatic hydroxyl groups is 1. The summed E-state index contributed by atoms with van der Waals surface area (Å²) in [6.07, 6.45) is 1.94. The molecule has 0 fully saturated rings. The average Bonchev–Trinajstić information content (AvgIpc) is 2.68. The van der Waals surface area contributed by atoms with Gasteiger partial charge in [0.25, 0.3) is 0 Å². The van der Waals surface area contributed by atoms with E-state index in [0.29, 0.717) is 23.7 Å². The Morgan fingerprint density at radius 2 is 1.73 bits per heavy atom. The van der Waals surface area contributed by atoms with Gasteiger partial charge in [0.2, 0.25) is 0 Å². The van der Waals surface area contributed by atoms with E-state index >= 15 is 0 Å². The first-order valence-corrected chi connectivity index (χ1v) is 8.10. The molecule has 3 rings (SSSR count). The summed E-state index contributed by atoms with van der Waals surface area (Å²) in [6.45, 7) is 0.641. The van der Waals surface area contributed by atoms with Gasteiger partial charge >= 0.3 is 0 Å². The third-order valence-corrected chi connectivity index (χ3v) is 3.57. The van der Waals surface area contributed by atoms with Gasteiger partial charge in [0, 0.05) is 6.07 Å². The van der Waals surface area contributed by atoms with Crippen molar-refractivity contribution in [2.24, 2.45) is 0 Å². The first-order chi connectivity index (χ1) is 12.7. The van der Waals surface area contributed by atoms with Crippen LogP contribution in [0.1, 0.15) is 5.56 Å². The van der Waals surface area contributed by atoms with Gasteiger partial charge in [-0.15, -0.1) is 0 Å². The zero-order chi connectivity index (χ0) is 18.2. The van der Waals surface area contributed by atoms with Crippen LogP contribution in [0.5, 0.6) is 11.5 Å². The van der Waals surface area contributed by atoms with Crippen molar-refractivity contribution in [2.45, 2.75) is 12.7 Å². The molecule has 0 spiro atoms.